The molecular weight excluding hydrogens is 311 g/mol. The van der Waals surface area contributed by atoms with Crippen LogP contribution in [0.1, 0.15) is 20.3 Å². The smallest absolute Gasteiger partial charge is 0.308 e. The Morgan fingerprint density at radius 3 is 2.26 bits per heavy atom. The number of hydrogen-bond donors (Lipinski definition) is 0. The first-order valence-corrected chi connectivity index (χ1v) is 9.30. The Bertz CT molecular complexity index is 545. The lowest BCUT2D eigenvalue weighted by molar-refractivity contribution is 0.280. The van der Waals surface area contributed by atoms with Crippen molar-refractivity contribution in [3.8, 4) is 0 Å². The molecule has 0 bridgehead atoms. The van der Waals surface area contributed by atoms with E-state index in [-0.39, 0.29) is 17.7 Å². The fourth-order valence-electron chi connectivity index (χ4n) is 1.39. The molecule has 19 heavy (non-hydrogen) atoms. The van der Waals surface area contributed by atoms with Gasteiger partial charge in [0.2, 0.25) is 0 Å². The average Bonchev–Trinajstić information content (AvgIpc) is 2.28. The predicted octanol–water partition coefficient (Wildman–Crippen LogP) is 3.68. The first-order chi connectivity index (χ1) is 8.83. The fraction of sp³-hybridized carbons (Fsp3) is 0.455. The van der Waals surface area contributed by atoms with E-state index < -0.39 is 17.7 Å². The lowest BCUT2D eigenvalue weighted by atomic mass is 10.4. The molecule has 1 unspecified atom stereocenters. The van der Waals surface area contributed by atoms with Crippen LogP contribution in [0.3, 0.4) is 0 Å². The molecule has 0 aliphatic carbocycles. The van der Waals surface area contributed by atoms with Crippen molar-refractivity contribution in [3.05, 3.63) is 29.3 Å². The van der Waals surface area contributed by atoms with Crippen molar-refractivity contribution >= 4 is 29.3 Å². The molecule has 0 fully saturated rings. The van der Waals surface area contributed by atoms with Crippen LogP contribution in [0.25, 0.3) is 0 Å². The third kappa shape index (κ3) is 4.89. The third-order valence-electron chi connectivity index (χ3n) is 2.14. The second-order valence-corrected chi connectivity index (χ2v) is 8.07. The summed E-state index contributed by atoms with van der Waals surface area (Å²) in [6.45, 7) is 3.51. The van der Waals surface area contributed by atoms with Gasteiger partial charge in [-0.05, 0) is 37.6 Å². The number of rotatable bonds is 7. The molecule has 5 nitrogen and oxygen atoms in total. The minimum absolute atomic E-state index is 0.0493. The van der Waals surface area contributed by atoms with E-state index in [1.807, 2.05) is 0 Å². The van der Waals surface area contributed by atoms with E-state index in [0.717, 1.165) is 0 Å². The van der Waals surface area contributed by atoms with Gasteiger partial charge in [-0.2, -0.15) is 12.4 Å². The van der Waals surface area contributed by atoms with Crippen molar-refractivity contribution in [2.75, 3.05) is 12.8 Å². The zero-order chi connectivity index (χ0) is 14.5. The highest BCUT2D eigenvalue weighted by atomic mass is 35.5. The van der Waals surface area contributed by atoms with Gasteiger partial charge in [-0.3, -0.25) is 4.57 Å². The van der Waals surface area contributed by atoms with Crippen LogP contribution in [0, 0.1) is 0 Å². The molecule has 0 N–H and O–H groups in total. The summed E-state index contributed by atoms with van der Waals surface area (Å²) in [4.78, 5) is -0.104. The Hall–Kier alpha value is -0.390. The Kier molecular flexibility index (Phi) is 6.02. The Morgan fingerprint density at radius 1 is 1.21 bits per heavy atom. The standard InChI is InChI=1S/C11H16ClO5PS/c1-3-9-18(13,16-4-2)17-19(14,15)11-7-5-10(12)6-8-11/h5-8H,3-4,9H2,1-2H3. The van der Waals surface area contributed by atoms with Crippen LogP contribution in [0.4, 0.5) is 0 Å². The topological polar surface area (TPSA) is 69.7 Å². The van der Waals surface area contributed by atoms with Crippen LogP contribution in [-0.4, -0.2) is 21.2 Å². The molecule has 0 aliphatic heterocycles. The van der Waals surface area contributed by atoms with Crippen molar-refractivity contribution in [3.63, 3.8) is 0 Å². The van der Waals surface area contributed by atoms with Crippen LogP contribution < -0.4 is 0 Å². The Balaban J connectivity index is 3.00. The zero-order valence-corrected chi connectivity index (χ0v) is 13.2. The lowest BCUT2D eigenvalue weighted by Gasteiger charge is -2.16. The van der Waals surface area contributed by atoms with Gasteiger partial charge in [-0.1, -0.05) is 18.5 Å². The normalized spacial score (nSPS) is 15.1. The minimum Gasteiger partial charge on any atom is -0.308 e. The van der Waals surface area contributed by atoms with E-state index >= 15 is 0 Å². The number of halogens is 1. The predicted molar refractivity (Wildman–Crippen MR) is 74.1 cm³/mol. The molecule has 108 valence electrons. The SMILES string of the molecule is CCCP(=O)(OCC)OS(=O)(=O)c1ccc(Cl)cc1. The number of hydrogen-bond acceptors (Lipinski definition) is 5. The van der Waals surface area contributed by atoms with Gasteiger partial charge in [-0.25, -0.2) is 0 Å². The molecule has 1 aromatic rings. The second kappa shape index (κ2) is 6.86. The van der Waals surface area contributed by atoms with Crippen molar-refractivity contribution in [2.24, 2.45) is 0 Å². The highest BCUT2D eigenvalue weighted by Crippen LogP contribution is 2.51. The quantitative estimate of drug-likeness (QED) is 0.715. The summed E-state index contributed by atoms with van der Waals surface area (Å²) in [5, 5.41) is 0.403. The van der Waals surface area contributed by atoms with E-state index in [1.54, 1.807) is 13.8 Å². The first-order valence-electron chi connectivity index (χ1n) is 5.78. The van der Waals surface area contributed by atoms with Crippen molar-refractivity contribution in [1.82, 2.24) is 0 Å². The molecule has 8 heteroatoms. The summed E-state index contributed by atoms with van der Waals surface area (Å²) < 4.78 is 46.0. The van der Waals surface area contributed by atoms with Crippen molar-refractivity contribution < 1.29 is 21.5 Å². The molecule has 0 aromatic heterocycles. The molecule has 1 atom stereocenters. The van der Waals surface area contributed by atoms with E-state index in [2.05, 4.69) is 0 Å². The van der Waals surface area contributed by atoms with E-state index in [9.17, 15) is 13.0 Å². The Morgan fingerprint density at radius 2 is 1.79 bits per heavy atom. The van der Waals surface area contributed by atoms with Gasteiger partial charge in [0.1, 0.15) is 0 Å². The van der Waals surface area contributed by atoms with Crippen LogP contribution in [0.5, 0.6) is 0 Å². The van der Waals surface area contributed by atoms with E-state index in [1.165, 1.54) is 24.3 Å². The van der Waals surface area contributed by atoms with Gasteiger partial charge in [0.05, 0.1) is 17.7 Å². The molecule has 1 aromatic carbocycles. The maximum Gasteiger partial charge on any atom is 0.345 e. The van der Waals surface area contributed by atoms with E-state index in [4.69, 9.17) is 20.1 Å². The minimum atomic E-state index is -4.13. The molecule has 0 amide bonds. The summed E-state index contributed by atoms with van der Waals surface area (Å²) in [5.74, 6) is 0. The third-order valence-corrected chi connectivity index (χ3v) is 6.58. The summed E-state index contributed by atoms with van der Waals surface area (Å²) in [6.07, 6.45) is 0.543. The molecule has 0 saturated heterocycles. The molecule has 0 radical (unpaired) electrons. The number of benzene rings is 1. The summed E-state index contributed by atoms with van der Waals surface area (Å²) in [7, 11) is -7.76. The largest absolute Gasteiger partial charge is 0.345 e. The fourth-order valence-corrected chi connectivity index (χ4v) is 5.06. The van der Waals surface area contributed by atoms with Crippen LogP contribution >= 0.6 is 19.2 Å². The monoisotopic (exact) mass is 326 g/mol. The second-order valence-electron chi connectivity index (χ2n) is 3.73. The van der Waals surface area contributed by atoms with Crippen LogP contribution in [-0.2, 0) is 23.2 Å². The van der Waals surface area contributed by atoms with E-state index in [0.29, 0.717) is 11.4 Å². The molecule has 0 aliphatic rings. The molecule has 0 heterocycles. The van der Waals surface area contributed by atoms with Gasteiger partial charge in [0.25, 0.3) is 0 Å². The molecule has 1 rings (SSSR count). The molecule has 0 saturated carbocycles. The van der Waals surface area contributed by atoms with Gasteiger partial charge in [-0.15, -0.1) is 0 Å². The molecular formula is C11H16ClO5PS. The van der Waals surface area contributed by atoms with Gasteiger partial charge >= 0.3 is 17.7 Å². The van der Waals surface area contributed by atoms with Gasteiger partial charge in [0.15, 0.2) is 0 Å². The van der Waals surface area contributed by atoms with Crippen molar-refractivity contribution in [2.45, 2.75) is 25.2 Å². The average molecular weight is 327 g/mol. The summed E-state index contributed by atoms with van der Waals surface area (Å²) in [5.41, 5.74) is 0. The zero-order valence-electron chi connectivity index (χ0n) is 10.7. The Labute approximate surface area is 118 Å². The van der Waals surface area contributed by atoms with Gasteiger partial charge < -0.3 is 4.52 Å². The first kappa shape index (κ1) is 16.7. The van der Waals surface area contributed by atoms with Gasteiger partial charge in [0, 0.05) is 5.02 Å². The van der Waals surface area contributed by atoms with Crippen LogP contribution in [0.15, 0.2) is 29.2 Å². The maximum absolute atomic E-state index is 12.2. The van der Waals surface area contributed by atoms with Crippen LogP contribution in [0.2, 0.25) is 5.02 Å². The summed E-state index contributed by atoms with van der Waals surface area (Å²) >= 11 is 5.68. The lowest BCUT2D eigenvalue weighted by Crippen LogP contribution is -2.08. The summed E-state index contributed by atoms with van der Waals surface area (Å²) in [6, 6.07) is 5.42. The van der Waals surface area contributed by atoms with Crippen molar-refractivity contribution in [1.29, 1.82) is 0 Å². The molecule has 0 spiro atoms. The maximum atomic E-state index is 12.2. The highest BCUT2D eigenvalue weighted by Gasteiger charge is 2.31. The highest BCUT2D eigenvalue weighted by molar-refractivity contribution is 7.91.